The second-order valence-electron chi connectivity index (χ2n) is 5.00. The van der Waals surface area contributed by atoms with Gasteiger partial charge in [0.05, 0.1) is 26.2 Å². The molecule has 2 heterocycles. The van der Waals surface area contributed by atoms with Gasteiger partial charge in [0.2, 0.25) is 5.95 Å². The number of hydrogen-bond donors (Lipinski definition) is 2. The van der Waals surface area contributed by atoms with Crippen molar-refractivity contribution < 1.29 is 10.0 Å². The molecular weight excluding hydrogens is 330 g/mol. The van der Waals surface area contributed by atoms with Gasteiger partial charge in [0.1, 0.15) is 0 Å². The van der Waals surface area contributed by atoms with Crippen LogP contribution in [0.15, 0.2) is 30.5 Å². The Labute approximate surface area is 141 Å². The number of aromatic nitrogens is 3. The van der Waals surface area contributed by atoms with Crippen molar-refractivity contribution in [2.45, 2.75) is 13.8 Å². The van der Waals surface area contributed by atoms with Gasteiger partial charge in [0.25, 0.3) is 0 Å². The van der Waals surface area contributed by atoms with Crippen molar-refractivity contribution in [3.05, 3.63) is 51.3 Å². The Morgan fingerprint density at radius 2 is 2.04 bits per heavy atom. The van der Waals surface area contributed by atoms with Crippen molar-refractivity contribution in [3.63, 3.8) is 0 Å². The molecule has 0 aliphatic heterocycles. The number of rotatable bonds is 4. The van der Waals surface area contributed by atoms with Gasteiger partial charge >= 0.3 is 5.69 Å². The molecule has 3 aromatic rings. The Morgan fingerprint density at radius 1 is 1.25 bits per heavy atom. The molecular formula is C15H13N5O3S. The number of anilines is 2. The predicted octanol–water partition coefficient (Wildman–Crippen LogP) is 3.57. The fraction of sp³-hybridized carbons (Fsp3) is 0.133. The molecule has 0 spiro atoms. The predicted molar refractivity (Wildman–Crippen MR) is 90.7 cm³/mol. The van der Waals surface area contributed by atoms with Crippen LogP contribution in [0.1, 0.15) is 10.7 Å². The summed E-state index contributed by atoms with van der Waals surface area (Å²) in [7, 11) is 0. The third-order valence-electron chi connectivity index (χ3n) is 3.22. The fourth-order valence-electron chi connectivity index (χ4n) is 2.19. The van der Waals surface area contributed by atoms with Gasteiger partial charge in [-0.15, -0.1) is 11.3 Å². The van der Waals surface area contributed by atoms with Crippen LogP contribution in [-0.2, 0) is 0 Å². The highest BCUT2D eigenvalue weighted by molar-refractivity contribution is 7.15. The van der Waals surface area contributed by atoms with Gasteiger partial charge in [-0.3, -0.25) is 10.1 Å². The van der Waals surface area contributed by atoms with E-state index in [0.717, 1.165) is 21.3 Å². The first-order valence-electron chi connectivity index (χ1n) is 6.96. The van der Waals surface area contributed by atoms with E-state index in [1.165, 1.54) is 29.5 Å². The van der Waals surface area contributed by atoms with Gasteiger partial charge in [0.15, 0.2) is 5.75 Å². The van der Waals surface area contributed by atoms with Gasteiger partial charge in [-0.25, -0.2) is 15.0 Å². The van der Waals surface area contributed by atoms with E-state index in [-0.39, 0.29) is 5.69 Å². The quantitative estimate of drug-likeness (QED) is 0.423. The summed E-state index contributed by atoms with van der Waals surface area (Å²) in [5.41, 5.74) is 1.64. The molecule has 2 aromatic heterocycles. The van der Waals surface area contributed by atoms with Crippen LogP contribution in [0.25, 0.3) is 10.6 Å². The zero-order valence-corrected chi connectivity index (χ0v) is 13.7. The van der Waals surface area contributed by atoms with Crippen LogP contribution in [0.5, 0.6) is 5.75 Å². The molecule has 0 aliphatic carbocycles. The molecule has 2 N–H and O–H groups in total. The minimum Gasteiger partial charge on any atom is -0.502 e. The smallest absolute Gasteiger partial charge is 0.312 e. The number of phenolic OH excluding ortho intramolecular Hbond substituents is 1. The highest BCUT2D eigenvalue weighted by atomic mass is 32.1. The van der Waals surface area contributed by atoms with E-state index in [1.54, 1.807) is 12.3 Å². The highest BCUT2D eigenvalue weighted by Gasteiger charge is 2.15. The largest absolute Gasteiger partial charge is 0.502 e. The van der Waals surface area contributed by atoms with Crippen molar-refractivity contribution in [2.24, 2.45) is 0 Å². The number of benzene rings is 1. The first-order valence-corrected chi connectivity index (χ1v) is 7.77. The van der Waals surface area contributed by atoms with E-state index in [1.807, 2.05) is 13.8 Å². The zero-order chi connectivity index (χ0) is 17.3. The average molecular weight is 343 g/mol. The van der Waals surface area contributed by atoms with Crippen molar-refractivity contribution in [1.82, 2.24) is 15.0 Å². The molecule has 122 valence electrons. The minimum absolute atomic E-state index is 0.304. The number of nitro benzene ring substituents is 1. The molecule has 9 heteroatoms. The molecule has 0 saturated heterocycles. The van der Waals surface area contributed by atoms with Crippen molar-refractivity contribution in [2.75, 3.05) is 5.32 Å². The summed E-state index contributed by atoms with van der Waals surface area (Å²) < 4.78 is 0. The monoisotopic (exact) mass is 343 g/mol. The first kappa shape index (κ1) is 15.8. The third-order valence-corrected chi connectivity index (χ3v) is 4.32. The van der Waals surface area contributed by atoms with Crippen LogP contribution in [0.4, 0.5) is 17.3 Å². The Kier molecular flexibility index (Phi) is 4.09. The van der Waals surface area contributed by atoms with Crippen molar-refractivity contribution in [3.8, 4) is 16.3 Å². The summed E-state index contributed by atoms with van der Waals surface area (Å²) in [6, 6.07) is 5.78. The Bertz CT molecular complexity index is 925. The van der Waals surface area contributed by atoms with Gasteiger partial charge in [-0.05, 0) is 32.0 Å². The molecule has 3 rings (SSSR count). The number of nitrogens with one attached hydrogen (secondary N) is 1. The summed E-state index contributed by atoms with van der Waals surface area (Å²) in [6.07, 6.45) is 1.61. The molecule has 0 radical (unpaired) electrons. The molecule has 0 atom stereocenters. The highest BCUT2D eigenvalue weighted by Crippen LogP contribution is 2.31. The zero-order valence-electron chi connectivity index (χ0n) is 12.8. The van der Waals surface area contributed by atoms with Crippen LogP contribution in [-0.4, -0.2) is 25.0 Å². The Balaban J connectivity index is 1.92. The molecule has 0 unspecified atom stereocenters. The van der Waals surface area contributed by atoms with E-state index in [2.05, 4.69) is 20.3 Å². The lowest BCUT2D eigenvalue weighted by Gasteiger charge is -2.06. The Morgan fingerprint density at radius 3 is 2.71 bits per heavy atom. The SMILES string of the molecule is Cc1nc(C)c(-c2ccnc(Nc3ccc(O)c([N+](=O)[O-])c3)n2)s1. The standard InChI is InChI=1S/C15H13N5O3S/c1-8-14(24-9(2)17-8)11-5-6-16-15(19-11)18-10-3-4-13(21)12(7-10)20(22)23/h3-7,21H,1-2H3,(H,16,18,19). The summed E-state index contributed by atoms with van der Waals surface area (Å²) >= 11 is 1.54. The number of nitrogens with zero attached hydrogens (tertiary/aromatic N) is 4. The number of nitro groups is 1. The molecule has 8 nitrogen and oxygen atoms in total. The maximum Gasteiger partial charge on any atom is 0.312 e. The van der Waals surface area contributed by atoms with E-state index in [0.29, 0.717) is 11.6 Å². The van der Waals surface area contributed by atoms with Crippen molar-refractivity contribution >= 4 is 28.7 Å². The summed E-state index contributed by atoms with van der Waals surface area (Å²) in [6.45, 7) is 3.84. The van der Waals surface area contributed by atoms with Gasteiger partial charge in [0, 0.05) is 18.0 Å². The normalized spacial score (nSPS) is 10.6. The number of aromatic hydroxyl groups is 1. The minimum atomic E-state index is -0.652. The summed E-state index contributed by atoms with van der Waals surface area (Å²) in [5.74, 6) is -0.0890. The lowest BCUT2D eigenvalue weighted by molar-refractivity contribution is -0.385. The second-order valence-corrected chi connectivity index (χ2v) is 6.20. The maximum absolute atomic E-state index is 10.9. The first-order chi connectivity index (χ1) is 11.4. The number of aryl methyl sites for hydroxylation is 2. The van der Waals surface area contributed by atoms with E-state index in [4.69, 9.17) is 0 Å². The average Bonchev–Trinajstić information content (AvgIpc) is 2.88. The Hall–Kier alpha value is -3.07. The molecule has 0 fully saturated rings. The lowest BCUT2D eigenvalue weighted by atomic mass is 10.2. The van der Waals surface area contributed by atoms with Gasteiger partial charge in [-0.2, -0.15) is 0 Å². The topological polar surface area (TPSA) is 114 Å². The van der Waals surface area contributed by atoms with E-state index >= 15 is 0 Å². The van der Waals surface area contributed by atoms with Crippen LogP contribution < -0.4 is 5.32 Å². The van der Waals surface area contributed by atoms with Crippen molar-refractivity contribution in [1.29, 1.82) is 0 Å². The summed E-state index contributed by atoms with van der Waals surface area (Å²) in [5, 5.41) is 24.2. The maximum atomic E-state index is 10.9. The molecule has 0 bridgehead atoms. The molecule has 0 amide bonds. The molecule has 0 saturated carbocycles. The molecule has 1 aromatic carbocycles. The fourth-order valence-corrected chi connectivity index (χ4v) is 3.08. The molecule has 24 heavy (non-hydrogen) atoms. The van der Waals surface area contributed by atoms with Crippen LogP contribution in [0, 0.1) is 24.0 Å². The van der Waals surface area contributed by atoms with Gasteiger partial charge < -0.3 is 10.4 Å². The lowest BCUT2D eigenvalue weighted by Crippen LogP contribution is -1.98. The molecule has 0 aliphatic rings. The van der Waals surface area contributed by atoms with E-state index in [9.17, 15) is 15.2 Å². The summed E-state index contributed by atoms with van der Waals surface area (Å²) in [4.78, 5) is 24.1. The van der Waals surface area contributed by atoms with Crippen LogP contribution >= 0.6 is 11.3 Å². The van der Waals surface area contributed by atoms with Crippen LogP contribution in [0.2, 0.25) is 0 Å². The number of phenols is 1. The van der Waals surface area contributed by atoms with E-state index < -0.39 is 10.7 Å². The number of hydrogen-bond acceptors (Lipinski definition) is 8. The second kappa shape index (κ2) is 6.20. The number of thiazole rings is 1. The third kappa shape index (κ3) is 3.15. The van der Waals surface area contributed by atoms with Crippen LogP contribution in [0.3, 0.4) is 0 Å². The van der Waals surface area contributed by atoms with Gasteiger partial charge in [-0.1, -0.05) is 0 Å².